The highest BCUT2D eigenvalue weighted by Crippen LogP contribution is 2.32. The van der Waals surface area contributed by atoms with Crippen LogP contribution in [0.3, 0.4) is 0 Å². The fourth-order valence-corrected chi connectivity index (χ4v) is 3.34. The van der Waals surface area contributed by atoms with Crippen LogP contribution in [0, 0.1) is 6.92 Å². The van der Waals surface area contributed by atoms with E-state index in [-0.39, 0.29) is 0 Å². The highest BCUT2D eigenvalue weighted by atomic mass is 16.5. The number of ether oxygens (including phenoxy) is 2. The number of imidazole rings is 1. The lowest BCUT2D eigenvalue weighted by molar-refractivity contribution is 0.100. The summed E-state index contributed by atoms with van der Waals surface area (Å²) in [6.45, 7) is 1.91. The second-order valence-electron chi connectivity index (χ2n) is 6.55. The highest BCUT2D eigenvalue weighted by Gasteiger charge is 2.15. The molecule has 7 nitrogen and oxygen atoms in total. The van der Waals surface area contributed by atoms with Crippen molar-refractivity contribution in [2.24, 2.45) is 5.73 Å². The maximum absolute atomic E-state index is 11.6. The summed E-state index contributed by atoms with van der Waals surface area (Å²) >= 11 is 0. The number of benzene rings is 2. The van der Waals surface area contributed by atoms with Gasteiger partial charge in [0.1, 0.15) is 0 Å². The molecule has 1 amide bonds. The Bertz CT molecular complexity index is 1230. The minimum absolute atomic E-state index is 0.438. The van der Waals surface area contributed by atoms with Gasteiger partial charge in [-0.3, -0.25) is 4.79 Å². The third-order valence-corrected chi connectivity index (χ3v) is 4.75. The number of carbonyl (C=O) groups is 1. The number of hydrogen-bond acceptors (Lipinski definition) is 5. The first-order valence-corrected chi connectivity index (χ1v) is 9.01. The Labute approximate surface area is 167 Å². The highest BCUT2D eigenvalue weighted by molar-refractivity contribution is 5.94. The summed E-state index contributed by atoms with van der Waals surface area (Å²) in [5.74, 6) is 0.806. The molecule has 0 atom stereocenters. The molecule has 2 N–H and O–H groups in total. The zero-order valence-electron chi connectivity index (χ0n) is 16.3. The summed E-state index contributed by atoms with van der Waals surface area (Å²) in [5.41, 5.74) is 10.7. The third kappa shape index (κ3) is 3.27. The van der Waals surface area contributed by atoms with E-state index < -0.39 is 5.91 Å². The van der Waals surface area contributed by atoms with Crippen molar-refractivity contribution < 1.29 is 14.3 Å². The van der Waals surface area contributed by atoms with Crippen molar-refractivity contribution in [2.75, 3.05) is 14.2 Å². The quantitative estimate of drug-likeness (QED) is 0.565. The van der Waals surface area contributed by atoms with Crippen LogP contribution in [-0.4, -0.2) is 34.7 Å². The van der Waals surface area contributed by atoms with Crippen LogP contribution in [0.5, 0.6) is 11.5 Å². The summed E-state index contributed by atoms with van der Waals surface area (Å²) in [5, 5.41) is 4.79. The second-order valence-corrected chi connectivity index (χ2v) is 6.55. The largest absolute Gasteiger partial charge is 0.493 e. The minimum atomic E-state index is -0.475. The first kappa shape index (κ1) is 18.5. The number of aryl methyl sites for hydroxylation is 1. The van der Waals surface area contributed by atoms with Crippen LogP contribution >= 0.6 is 0 Å². The molecule has 0 bridgehead atoms. The average Bonchev–Trinajstić information content (AvgIpc) is 3.08. The zero-order chi connectivity index (χ0) is 20.5. The number of carbonyl (C=O) groups excluding carboxylic acids is 1. The Morgan fingerprint density at radius 1 is 0.966 bits per heavy atom. The molecule has 0 saturated heterocycles. The zero-order valence-corrected chi connectivity index (χ0v) is 16.3. The number of nitrogens with two attached hydrogens (primary N) is 1. The number of methoxy groups -OCH3 is 2. The lowest BCUT2D eigenvalue weighted by Crippen LogP contribution is -2.10. The smallest absolute Gasteiger partial charge is 0.248 e. The van der Waals surface area contributed by atoms with Gasteiger partial charge >= 0.3 is 0 Å². The third-order valence-electron chi connectivity index (χ3n) is 4.75. The molecule has 29 heavy (non-hydrogen) atoms. The molecule has 0 fully saturated rings. The molecular weight excluding hydrogens is 368 g/mol. The molecule has 0 saturated carbocycles. The lowest BCUT2D eigenvalue weighted by atomic mass is 10.1. The van der Waals surface area contributed by atoms with Crippen LogP contribution in [0.25, 0.3) is 28.2 Å². The van der Waals surface area contributed by atoms with E-state index in [9.17, 15) is 4.79 Å². The average molecular weight is 388 g/mol. The summed E-state index contributed by atoms with van der Waals surface area (Å²) in [7, 11) is 3.20. The van der Waals surface area contributed by atoms with Gasteiger partial charge in [0.15, 0.2) is 17.1 Å². The van der Waals surface area contributed by atoms with E-state index in [1.54, 1.807) is 36.9 Å². The lowest BCUT2D eigenvalue weighted by Gasteiger charge is -2.10. The van der Waals surface area contributed by atoms with Gasteiger partial charge < -0.3 is 15.2 Å². The number of rotatable bonds is 5. The number of primary amides is 1. The second kappa shape index (κ2) is 7.27. The molecular formula is C22H20N4O3. The van der Waals surface area contributed by atoms with E-state index in [4.69, 9.17) is 20.3 Å². The van der Waals surface area contributed by atoms with E-state index in [2.05, 4.69) is 4.98 Å². The number of amides is 1. The molecule has 0 aliphatic carbocycles. The molecule has 0 unspecified atom stereocenters. The van der Waals surface area contributed by atoms with Crippen molar-refractivity contribution >= 4 is 11.6 Å². The molecule has 2 aromatic carbocycles. The van der Waals surface area contributed by atoms with Gasteiger partial charge in [0.05, 0.1) is 31.3 Å². The van der Waals surface area contributed by atoms with Gasteiger partial charge in [0.25, 0.3) is 0 Å². The molecule has 0 radical (unpaired) electrons. The minimum Gasteiger partial charge on any atom is -0.493 e. The van der Waals surface area contributed by atoms with E-state index >= 15 is 0 Å². The number of fused-ring (bicyclic) bond motifs is 1. The molecule has 146 valence electrons. The van der Waals surface area contributed by atoms with Gasteiger partial charge in [-0.15, -0.1) is 0 Å². The van der Waals surface area contributed by atoms with Crippen LogP contribution in [0.15, 0.2) is 54.6 Å². The normalized spacial score (nSPS) is 10.9. The summed E-state index contributed by atoms with van der Waals surface area (Å²) in [6.07, 6.45) is 0. The van der Waals surface area contributed by atoms with Gasteiger partial charge in [-0.05, 0) is 49.4 Å². The Morgan fingerprint density at radius 3 is 2.48 bits per heavy atom. The predicted molar refractivity (Wildman–Crippen MR) is 110 cm³/mol. The fourth-order valence-electron chi connectivity index (χ4n) is 3.34. The van der Waals surface area contributed by atoms with Gasteiger partial charge in [0.2, 0.25) is 5.91 Å². The van der Waals surface area contributed by atoms with E-state index in [1.807, 2.05) is 43.3 Å². The maximum atomic E-state index is 11.6. The van der Waals surface area contributed by atoms with Crippen LogP contribution < -0.4 is 15.2 Å². The maximum Gasteiger partial charge on any atom is 0.248 e. The summed E-state index contributed by atoms with van der Waals surface area (Å²) in [6, 6.07) is 16.6. The number of aromatic nitrogens is 3. The molecule has 0 aliphatic heterocycles. The summed E-state index contributed by atoms with van der Waals surface area (Å²) in [4.78, 5) is 16.2. The predicted octanol–water partition coefficient (Wildman–Crippen LogP) is 3.49. The van der Waals surface area contributed by atoms with Crippen molar-refractivity contribution in [1.29, 1.82) is 0 Å². The van der Waals surface area contributed by atoms with Crippen molar-refractivity contribution in [3.8, 4) is 34.0 Å². The first-order valence-electron chi connectivity index (χ1n) is 9.01. The monoisotopic (exact) mass is 388 g/mol. The van der Waals surface area contributed by atoms with Gasteiger partial charge in [0, 0.05) is 16.7 Å². The summed E-state index contributed by atoms with van der Waals surface area (Å²) < 4.78 is 12.5. The molecule has 4 aromatic rings. The molecule has 0 aliphatic rings. The van der Waals surface area contributed by atoms with Gasteiger partial charge in [-0.25, -0.2) is 9.50 Å². The Balaban J connectivity index is 1.88. The van der Waals surface area contributed by atoms with Crippen LogP contribution in [0.1, 0.15) is 16.1 Å². The van der Waals surface area contributed by atoms with Crippen molar-refractivity contribution in [2.45, 2.75) is 6.92 Å². The molecule has 0 spiro atoms. The SMILES string of the molecule is COc1ccc(-c2ccc3nc(C)c(-c4cccc(C(N)=O)c4)n3n2)cc1OC. The molecule has 4 rings (SSSR count). The van der Waals surface area contributed by atoms with Crippen LogP contribution in [0.2, 0.25) is 0 Å². The Kier molecular flexibility index (Phi) is 4.64. The topological polar surface area (TPSA) is 91.7 Å². The van der Waals surface area contributed by atoms with E-state index in [1.165, 1.54) is 0 Å². The van der Waals surface area contributed by atoms with E-state index in [0.29, 0.717) is 22.7 Å². The van der Waals surface area contributed by atoms with Crippen molar-refractivity contribution in [1.82, 2.24) is 14.6 Å². The standard InChI is InChI=1S/C22H20N4O3/c1-13-21(15-5-4-6-16(11-15)22(23)27)26-20(24-13)10-8-17(25-26)14-7-9-18(28-2)19(12-14)29-3/h4-12H,1-3H3,(H2,23,27). The molecule has 2 aromatic heterocycles. The van der Waals surface area contributed by atoms with Crippen molar-refractivity contribution in [3.05, 3.63) is 65.9 Å². The Hall–Kier alpha value is -3.87. The van der Waals surface area contributed by atoms with Crippen LogP contribution in [0.4, 0.5) is 0 Å². The number of hydrogen-bond donors (Lipinski definition) is 1. The molecule has 2 heterocycles. The van der Waals surface area contributed by atoms with Gasteiger partial charge in [-0.2, -0.15) is 5.10 Å². The molecule has 7 heteroatoms. The van der Waals surface area contributed by atoms with E-state index in [0.717, 1.165) is 28.2 Å². The fraction of sp³-hybridized carbons (Fsp3) is 0.136. The van der Waals surface area contributed by atoms with Gasteiger partial charge in [-0.1, -0.05) is 12.1 Å². The number of nitrogens with zero attached hydrogens (tertiary/aromatic N) is 3. The van der Waals surface area contributed by atoms with Crippen LogP contribution in [-0.2, 0) is 0 Å². The Morgan fingerprint density at radius 2 is 1.76 bits per heavy atom. The van der Waals surface area contributed by atoms with Crippen molar-refractivity contribution in [3.63, 3.8) is 0 Å². The first-order chi connectivity index (χ1) is 14.0.